The van der Waals surface area contributed by atoms with Gasteiger partial charge in [0.05, 0.1) is 82.4 Å². The zero-order chi connectivity index (χ0) is 79.3. The number of carbonyl (C=O) groups is 8. The summed E-state index contributed by atoms with van der Waals surface area (Å²) < 4.78 is 38.8. The van der Waals surface area contributed by atoms with Crippen molar-refractivity contribution in [3.63, 3.8) is 0 Å². The molecule has 8 amide bonds. The quantitative estimate of drug-likeness (QED) is 0.0205. The minimum Gasteiger partial charge on any atom is -0.508 e. The lowest BCUT2D eigenvalue weighted by Crippen LogP contribution is -2.62. The van der Waals surface area contributed by atoms with Crippen molar-refractivity contribution in [1.82, 2.24) is 26.6 Å². The first-order chi connectivity index (χ1) is 50.6. The second kappa shape index (κ2) is 34.4. The van der Waals surface area contributed by atoms with Crippen LogP contribution in [0.4, 0.5) is 0 Å². The van der Waals surface area contributed by atoms with Crippen molar-refractivity contribution in [2.45, 2.75) is 163 Å². The van der Waals surface area contributed by atoms with Gasteiger partial charge in [-0.1, -0.05) is 74.3 Å². The summed E-state index contributed by atoms with van der Waals surface area (Å²) in [5.41, 5.74) is 22.0. The maximum atomic E-state index is 14.6. The highest BCUT2D eigenvalue weighted by Gasteiger charge is 2.51. The third-order valence-corrected chi connectivity index (χ3v) is 19.5. The Bertz CT molecular complexity index is 4220. The molecule has 22 N–H and O–H groups in total. The average Bonchev–Trinajstić information content (AvgIpc) is 1.55. The van der Waals surface area contributed by atoms with E-state index >= 15 is 0 Å². The number of hydrogen-bond acceptors (Lipinski definition) is 24. The molecule has 108 heavy (non-hydrogen) atoms. The molecular weight excluding hydrogens is 1460 g/mol. The van der Waals surface area contributed by atoms with E-state index in [1.54, 1.807) is 13.8 Å². The number of phenols is 1. The number of amides is 8. The van der Waals surface area contributed by atoms with Gasteiger partial charge in [0, 0.05) is 48.4 Å². The molecule has 4 heterocycles. The summed E-state index contributed by atoms with van der Waals surface area (Å²) in [5.74, 6) is -14.2. The normalized spacial score (nSPS) is 25.4. The minimum atomic E-state index is -2.75. The molecule has 33 nitrogen and oxygen atoms in total. The fraction of sp³-hybridized carbons (Fsp3) is 0.479. The Morgan fingerprint density at radius 1 is 0.824 bits per heavy atom. The van der Waals surface area contributed by atoms with Crippen LogP contribution < -0.4 is 63.7 Å². The van der Waals surface area contributed by atoms with Crippen LogP contribution in [0, 0.1) is 11.8 Å². The fourth-order valence-corrected chi connectivity index (χ4v) is 13.6. The van der Waals surface area contributed by atoms with Crippen LogP contribution in [0.5, 0.6) is 34.5 Å². The van der Waals surface area contributed by atoms with Gasteiger partial charge in [-0.15, -0.1) is 0 Å². The number of fused-ring (bicyclic) bond motifs is 12. The SMILES string of the molecule is CC(C)CCC(=O)N[C@H]1C(=O)N[C@@H](CC(N)=O)C(=O)N[C@@H](C(N)=O)c2cc(c(OC3OC(CO)C(O)[C@H](O)C3OC3CC(C)(N)C(O)C(C)CO3)c(Oc3ccc([C@@H](O)CC(=O)N[C@H](C(=O)NCCC[N+](C)(C)C)c4cc(O)cc5c4-c4cc(CC(N)=O)ccc4C5(O)O)cc3Cl)c2)Oc2ccc(cc2Cl)[C@H]1O. The first-order valence-corrected chi connectivity index (χ1v) is 35.5. The van der Waals surface area contributed by atoms with Crippen LogP contribution in [0.25, 0.3) is 11.1 Å². The Labute approximate surface area is 630 Å². The van der Waals surface area contributed by atoms with E-state index in [2.05, 4.69) is 26.6 Å². The molecule has 4 aliphatic heterocycles. The third-order valence-electron chi connectivity index (χ3n) is 18.9. The van der Waals surface area contributed by atoms with Gasteiger partial charge in [-0.2, -0.15) is 0 Å². The molecule has 4 bridgehead atoms. The summed E-state index contributed by atoms with van der Waals surface area (Å²) in [5, 5.41) is 115. The Morgan fingerprint density at radius 3 is 2.19 bits per heavy atom. The Kier molecular flexibility index (Phi) is 26.5. The number of nitrogens with two attached hydrogens (primary N) is 4. The molecular formula is C73H93Cl2N10O23+. The van der Waals surface area contributed by atoms with Gasteiger partial charge < -0.3 is 128 Å². The number of aliphatic hydroxyl groups excluding tert-OH is 6. The van der Waals surface area contributed by atoms with E-state index in [4.69, 9.17) is 74.6 Å². The van der Waals surface area contributed by atoms with E-state index < -0.39 is 186 Å². The van der Waals surface area contributed by atoms with Gasteiger partial charge in [0.2, 0.25) is 65.1 Å². The van der Waals surface area contributed by atoms with Crippen LogP contribution in [-0.4, -0.2) is 206 Å². The summed E-state index contributed by atoms with van der Waals surface area (Å²) in [4.78, 5) is 110. The molecule has 5 aromatic rings. The molecule has 2 fully saturated rings. The molecule has 1 aliphatic carbocycles. The Hall–Kier alpha value is -8.88. The van der Waals surface area contributed by atoms with Crippen molar-refractivity contribution in [2.24, 2.45) is 34.8 Å². The number of hydrogen-bond donors (Lipinski definition) is 18. The molecule has 0 saturated carbocycles. The van der Waals surface area contributed by atoms with Gasteiger partial charge in [-0.3, -0.25) is 38.4 Å². The molecule has 5 aliphatic rings. The zero-order valence-electron chi connectivity index (χ0n) is 60.2. The predicted octanol–water partition coefficient (Wildman–Crippen LogP) is 0.606. The van der Waals surface area contributed by atoms with E-state index in [1.165, 1.54) is 48.5 Å². The number of benzene rings is 5. The summed E-state index contributed by atoms with van der Waals surface area (Å²) in [6, 6.07) is 8.38. The number of primary amides is 3. The Balaban J connectivity index is 1.14. The molecule has 5 aromatic carbocycles. The number of aliphatic hydroxyl groups is 8. The van der Waals surface area contributed by atoms with Crippen LogP contribution >= 0.6 is 23.2 Å². The monoisotopic (exact) mass is 1550 g/mol. The van der Waals surface area contributed by atoms with E-state index in [0.29, 0.717) is 29.4 Å². The van der Waals surface area contributed by atoms with Crippen LogP contribution in [0.1, 0.15) is 129 Å². The Morgan fingerprint density at radius 2 is 1.55 bits per heavy atom. The average molecular weight is 1550 g/mol. The lowest BCUT2D eigenvalue weighted by Gasteiger charge is -2.43. The van der Waals surface area contributed by atoms with E-state index in [9.17, 15) is 84.3 Å². The number of aromatic hydroxyl groups is 1. The van der Waals surface area contributed by atoms with Crippen LogP contribution in [-0.2, 0) is 64.8 Å². The molecule has 0 spiro atoms. The van der Waals surface area contributed by atoms with Crippen molar-refractivity contribution in [2.75, 3.05) is 47.4 Å². The number of carbonyl (C=O) groups excluding carboxylic acids is 8. The van der Waals surface area contributed by atoms with E-state index in [0.717, 1.165) is 30.3 Å². The topological polar surface area (TPSA) is 538 Å². The molecule has 15 atom stereocenters. The number of quaternary nitrogens is 1. The molecule has 35 heteroatoms. The number of nitrogens with one attached hydrogen (secondary N) is 5. The number of ether oxygens (including phenoxy) is 6. The number of nitrogens with zero attached hydrogens (tertiary/aromatic N) is 1. The third kappa shape index (κ3) is 19.8. The van der Waals surface area contributed by atoms with Gasteiger partial charge in [0.25, 0.3) is 0 Å². The van der Waals surface area contributed by atoms with Crippen molar-refractivity contribution >= 4 is 70.5 Å². The molecule has 0 radical (unpaired) electrons. The number of halogens is 2. The van der Waals surface area contributed by atoms with Gasteiger partial charge in [0.15, 0.2) is 23.9 Å². The maximum absolute atomic E-state index is 14.6. The summed E-state index contributed by atoms with van der Waals surface area (Å²) in [6.45, 7) is 6.56. The summed E-state index contributed by atoms with van der Waals surface area (Å²) >= 11 is 14.1. The van der Waals surface area contributed by atoms with Crippen LogP contribution in [0.2, 0.25) is 10.0 Å². The van der Waals surface area contributed by atoms with E-state index in [-0.39, 0.29) is 104 Å². The molecule has 2 saturated heterocycles. The molecule has 10 rings (SSSR count). The summed E-state index contributed by atoms with van der Waals surface area (Å²) in [7, 11) is 5.84. The van der Waals surface area contributed by atoms with Gasteiger partial charge >= 0.3 is 0 Å². The second-order valence-corrected chi connectivity index (χ2v) is 30.1. The first-order valence-electron chi connectivity index (χ1n) is 34.8. The predicted molar refractivity (Wildman–Crippen MR) is 384 cm³/mol. The first kappa shape index (κ1) is 83.2. The molecule has 0 aromatic heterocycles. The van der Waals surface area contributed by atoms with Gasteiger partial charge in [0.1, 0.15) is 65.8 Å². The summed E-state index contributed by atoms with van der Waals surface area (Å²) in [6.07, 6.45) is -17.0. The number of rotatable bonds is 26. The van der Waals surface area contributed by atoms with Crippen molar-refractivity contribution in [3.8, 4) is 45.6 Å². The fourth-order valence-electron chi connectivity index (χ4n) is 13.1. The highest BCUT2D eigenvalue weighted by molar-refractivity contribution is 6.32. The van der Waals surface area contributed by atoms with Crippen molar-refractivity contribution in [1.29, 1.82) is 0 Å². The number of phenolic OH excluding ortho intramolecular Hbond substituents is 1. The lowest BCUT2D eigenvalue weighted by atomic mass is 9.85. The van der Waals surface area contributed by atoms with Crippen molar-refractivity contribution < 1.29 is 117 Å². The van der Waals surface area contributed by atoms with E-state index in [1.807, 2.05) is 35.0 Å². The molecule has 8 unspecified atom stereocenters. The van der Waals surface area contributed by atoms with Crippen molar-refractivity contribution in [3.05, 3.63) is 128 Å². The maximum Gasteiger partial charge on any atom is 0.247 e. The highest BCUT2D eigenvalue weighted by Crippen LogP contribution is 2.52. The minimum absolute atomic E-state index is 0.0272. The standard InChI is InChI=1S/C73H92Cl2N10O23/c1-32(2)9-16-54(91)82-60-61(93)36-12-15-48(44(75)22-36)105-50-24-37(58(67(78)97)84-68(98)45(27-53(77)90)81-70(60)100)23-49(64(50)108-71-65(63(95)62(94)51(30-86)106-71)107-56-29-72(4,79)66(96)33(3)31-103-56)104-47-14-11-35(21-43(47)74)46(88)28-55(92)83-59(69(99)80-17-8-18-85(5,6)7)40-25-38(87)26-42-57(40)39-19-34(20-52(76)89)10-13-41(39)73(42,101)102/h10-15,19,21-26,32-33,45-46,51,56,58-63,65-66,71,86,88,93-96,101-102H,8-9,16-18,20,27-31,79H2,1-7H3,(H11-,76,77,78,80,81,82,83,84,87,89,90,91,92,97,98,99,100)/p+1/t33?,45-,46-,51?,56?,58+,59-,60+,61+,62?,63-,65?,66?,71?,72?/m0/s1. The van der Waals surface area contributed by atoms with Gasteiger partial charge in [-0.25, -0.2) is 0 Å². The second-order valence-electron chi connectivity index (χ2n) is 29.3. The van der Waals surface area contributed by atoms with Crippen LogP contribution in [0.15, 0.2) is 78.9 Å². The highest BCUT2D eigenvalue weighted by atomic mass is 35.5. The molecule has 586 valence electrons. The smallest absolute Gasteiger partial charge is 0.247 e. The lowest BCUT2D eigenvalue weighted by molar-refractivity contribution is -0.870. The zero-order valence-corrected chi connectivity index (χ0v) is 61.7. The van der Waals surface area contributed by atoms with Gasteiger partial charge in [-0.05, 0) is 107 Å². The van der Waals surface area contributed by atoms with Crippen LogP contribution in [0.3, 0.4) is 0 Å². The largest absolute Gasteiger partial charge is 0.508 e.